The molecule has 4 heteroatoms. The molecule has 0 aliphatic carbocycles. The van der Waals surface area contributed by atoms with Gasteiger partial charge < -0.3 is 5.32 Å². The first kappa shape index (κ1) is 14.2. The van der Waals surface area contributed by atoms with Gasteiger partial charge in [-0.3, -0.25) is 4.57 Å². The van der Waals surface area contributed by atoms with Gasteiger partial charge in [0.2, 0.25) is 0 Å². The van der Waals surface area contributed by atoms with Crippen molar-refractivity contribution in [3.8, 4) is 5.82 Å². The van der Waals surface area contributed by atoms with Crippen LogP contribution in [0.15, 0.2) is 73.5 Å². The van der Waals surface area contributed by atoms with E-state index in [4.69, 9.17) is 0 Å². The van der Waals surface area contributed by atoms with E-state index in [1.807, 2.05) is 35.0 Å². The number of nitrogens with one attached hydrogen (secondary N) is 1. The molecule has 2 aromatic heterocycles. The van der Waals surface area contributed by atoms with E-state index in [-0.39, 0.29) is 0 Å². The summed E-state index contributed by atoms with van der Waals surface area (Å²) in [6.07, 6.45) is 11.5. The number of aromatic nitrogens is 3. The van der Waals surface area contributed by atoms with Crippen LogP contribution in [0.4, 0.5) is 0 Å². The van der Waals surface area contributed by atoms with Crippen LogP contribution in [0.25, 0.3) is 11.9 Å². The monoisotopic (exact) mass is 290 g/mol. The molecule has 0 bridgehead atoms. The summed E-state index contributed by atoms with van der Waals surface area (Å²) in [5.41, 5.74) is 2.36. The molecule has 3 aromatic rings. The van der Waals surface area contributed by atoms with E-state index < -0.39 is 0 Å². The van der Waals surface area contributed by atoms with Gasteiger partial charge in [-0.05, 0) is 11.6 Å². The highest BCUT2D eigenvalue weighted by Gasteiger charge is 2.03. The third kappa shape index (κ3) is 3.68. The maximum Gasteiger partial charge on any atom is 0.142 e. The van der Waals surface area contributed by atoms with Crippen LogP contribution in [-0.2, 0) is 6.54 Å². The Balaban J connectivity index is 1.57. The molecule has 0 aliphatic rings. The van der Waals surface area contributed by atoms with Crippen molar-refractivity contribution >= 4 is 6.08 Å². The van der Waals surface area contributed by atoms with Gasteiger partial charge in [-0.25, -0.2) is 9.97 Å². The molecule has 0 atom stereocenters. The lowest BCUT2D eigenvalue weighted by Gasteiger charge is -2.08. The van der Waals surface area contributed by atoms with E-state index >= 15 is 0 Å². The SMILES string of the molecule is C(=Cc1ccccc1)CNCc1cccnc1-n1ccnc1. The highest BCUT2D eigenvalue weighted by molar-refractivity contribution is 5.48. The van der Waals surface area contributed by atoms with Gasteiger partial charge in [0.1, 0.15) is 12.1 Å². The van der Waals surface area contributed by atoms with Gasteiger partial charge in [0, 0.05) is 37.2 Å². The van der Waals surface area contributed by atoms with Gasteiger partial charge in [-0.1, -0.05) is 48.6 Å². The largest absolute Gasteiger partial charge is 0.309 e. The predicted molar refractivity (Wildman–Crippen MR) is 88.5 cm³/mol. The second-order valence-electron chi connectivity index (χ2n) is 4.90. The topological polar surface area (TPSA) is 42.7 Å². The Bertz CT molecular complexity index is 718. The molecular weight excluding hydrogens is 272 g/mol. The summed E-state index contributed by atoms with van der Waals surface area (Å²) in [5.74, 6) is 0.916. The smallest absolute Gasteiger partial charge is 0.142 e. The minimum atomic E-state index is 0.764. The summed E-state index contributed by atoms with van der Waals surface area (Å²) in [5, 5.41) is 3.41. The van der Waals surface area contributed by atoms with E-state index in [1.165, 1.54) is 5.56 Å². The van der Waals surface area contributed by atoms with Crippen LogP contribution in [0.1, 0.15) is 11.1 Å². The van der Waals surface area contributed by atoms with Crippen LogP contribution < -0.4 is 5.32 Å². The molecule has 3 rings (SSSR count). The van der Waals surface area contributed by atoms with Crippen molar-refractivity contribution in [1.29, 1.82) is 0 Å². The van der Waals surface area contributed by atoms with Crippen molar-refractivity contribution in [2.45, 2.75) is 6.54 Å². The zero-order chi connectivity index (χ0) is 15.0. The Morgan fingerprint density at radius 2 is 1.95 bits per heavy atom. The molecule has 0 saturated heterocycles. The average Bonchev–Trinajstić information content (AvgIpc) is 3.10. The van der Waals surface area contributed by atoms with Crippen LogP contribution in [0.2, 0.25) is 0 Å². The molecule has 2 heterocycles. The van der Waals surface area contributed by atoms with Gasteiger partial charge in [0.25, 0.3) is 0 Å². The summed E-state index contributed by atoms with van der Waals surface area (Å²) in [6.45, 7) is 1.58. The molecule has 1 aromatic carbocycles. The van der Waals surface area contributed by atoms with E-state index in [9.17, 15) is 0 Å². The van der Waals surface area contributed by atoms with E-state index in [2.05, 4.69) is 45.6 Å². The molecule has 0 saturated carbocycles. The molecule has 1 N–H and O–H groups in total. The molecule has 0 aliphatic heterocycles. The van der Waals surface area contributed by atoms with Crippen molar-refractivity contribution in [3.63, 3.8) is 0 Å². The highest BCUT2D eigenvalue weighted by atomic mass is 15.1. The minimum Gasteiger partial charge on any atom is -0.309 e. The van der Waals surface area contributed by atoms with Gasteiger partial charge in [-0.2, -0.15) is 0 Å². The summed E-state index contributed by atoms with van der Waals surface area (Å²) in [7, 11) is 0. The Labute approximate surface area is 130 Å². The molecule has 22 heavy (non-hydrogen) atoms. The standard InChI is InChI=1S/C18H18N4/c1-2-6-16(7-3-1)8-4-10-19-14-17-9-5-11-21-18(17)22-13-12-20-15-22/h1-9,11-13,15,19H,10,14H2. The second-order valence-corrected chi connectivity index (χ2v) is 4.90. The third-order valence-electron chi connectivity index (χ3n) is 3.30. The Morgan fingerprint density at radius 3 is 2.77 bits per heavy atom. The number of nitrogens with zero attached hydrogens (tertiary/aromatic N) is 3. The van der Waals surface area contributed by atoms with Crippen LogP contribution >= 0.6 is 0 Å². The molecule has 4 nitrogen and oxygen atoms in total. The summed E-state index contributed by atoms with van der Waals surface area (Å²) in [6, 6.07) is 14.3. The van der Waals surface area contributed by atoms with Crippen molar-refractivity contribution in [3.05, 3.63) is 84.6 Å². The predicted octanol–water partition coefficient (Wildman–Crippen LogP) is 3.07. The Kier molecular flexibility index (Phi) is 4.74. The number of pyridine rings is 1. The number of rotatable bonds is 6. The third-order valence-corrected chi connectivity index (χ3v) is 3.30. The molecule has 0 fully saturated rings. The number of benzene rings is 1. The zero-order valence-electron chi connectivity index (χ0n) is 12.3. The number of hydrogen-bond donors (Lipinski definition) is 1. The first-order chi connectivity index (χ1) is 10.9. The van der Waals surface area contributed by atoms with Crippen LogP contribution in [0.5, 0.6) is 0 Å². The lowest BCUT2D eigenvalue weighted by Crippen LogP contribution is -2.15. The quantitative estimate of drug-likeness (QED) is 0.709. The fourth-order valence-corrected chi connectivity index (χ4v) is 2.23. The number of hydrogen-bond acceptors (Lipinski definition) is 3. The normalized spacial score (nSPS) is 11.1. The molecular formula is C18H18N4. The molecule has 110 valence electrons. The summed E-state index contributed by atoms with van der Waals surface area (Å²) >= 11 is 0. The summed E-state index contributed by atoms with van der Waals surface area (Å²) in [4.78, 5) is 8.51. The van der Waals surface area contributed by atoms with Gasteiger partial charge in [-0.15, -0.1) is 0 Å². The van der Waals surface area contributed by atoms with Crippen molar-refractivity contribution in [2.24, 2.45) is 0 Å². The molecule has 0 spiro atoms. The first-order valence-corrected chi connectivity index (χ1v) is 7.28. The van der Waals surface area contributed by atoms with E-state index in [0.29, 0.717) is 0 Å². The van der Waals surface area contributed by atoms with Crippen LogP contribution in [-0.4, -0.2) is 21.1 Å². The zero-order valence-corrected chi connectivity index (χ0v) is 12.3. The minimum absolute atomic E-state index is 0.764. The van der Waals surface area contributed by atoms with Gasteiger partial charge in [0.15, 0.2) is 0 Å². The maximum atomic E-state index is 4.43. The van der Waals surface area contributed by atoms with Crippen molar-refractivity contribution in [2.75, 3.05) is 6.54 Å². The molecule has 0 unspecified atom stereocenters. The van der Waals surface area contributed by atoms with Crippen molar-refractivity contribution in [1.82, 2.24) is 19.9 Å². The van der Waals surface area contributed by atoms with Crippen molar-refractivity contribution < 1.29 is 0 Å². The molecule has 0 radical (unpaired) electrons. The van der Waals surface area contributed by atoms with E-state index in [0.717, 1.165) is 24.5 Å². The van der Waals surface area contributed by atoms with E-state index in [1.54, 1.807) is 18.7 Å². The van der Waals surface area contributed by atoms with Gasteiger partial charge in [0.05, 0.1) is 0 Å². The lowest BCUT2D eigenvalue weighted by atomic mass is 10.2. The Hall–Kier alpha value is -2.72. The fourth-order valence-electron chi connectivity index (χ4n) is 2.23. The highest BCUT2D eigenvalue weighted by Crippen LogP contribution is 2.10. The average molecular weight is 290 g/mol. The Morgan fingerprint density at radius 1 is 1.05 bits per heavy atom. The molecule has 0 amide bonds. The lowest BCUT2D eigenvalue weighted by molar-refractivity contribution is 0.749. The van der Waals surface area contributed by atoms with Crippen LogP contribution in [0, 0.1) is 0 Å². The number of imidazole rings is 1. The first-order valence-electron chi connectivity index (χ1n) is 7.28. The summed E-state index contributed by atoms with van der Waals surface area (Å²) < 4.78 is 1.93. The van der Waals surface area contributed by atoms with Crippen LogP contribution in [0.3, 0.4) is 0 Å². The fraction of sp³-hybridized carbons (Fsp3) is 0.111. The second kappa shape index (κ2) is 7.33. The van der Waals surface area contributed by atoms with Gasteiger partial charge >= 0.3 is 0 Å². The maximum absolute atomic E-state index is 4.43.